The Hall–Kier alpha value is -3.73. The van der Waals surface area contributed by atoms with Gasteiger partial charge in [0.2, 0.25) is 5.91 Å². The largest absolute Gasteiger partial charge is 0.508 e. The van der Waals surface area contributed by atoms with Gasteiger partial charge in [0.05, 0.1) is 12.3 Å². The molecule has 0 spiro atoms. The monoisotopic (exact) mass is 647 g/mol. The second-order valence-electron chi connectivity index (χ2n) is 12.8. The van der Waals surface area contributed by atoms with Crippen molar-refractivity contribution in [3.63, 3.8) is 0 Å². The number of hydrogen-bond acceptors (Lipinski definition) is 8. The lowest BCUT2D eigenvalue weighted by atomic mass is 9.82. The third kappa shape index (κ3) is 16.0. The Bertz CT molecular complexity index is 1150. The minimum Gasteiger partial charge on any atom is -0.508 e. The summed E-state index contributed by atoms with van der Waals surface area (Å²) in [7, 11) is 0. The predicted octanol–water partition coefficient (Wildman–Crippen LogP) is 5.49. The van der Waals surface area contributed by atoms with Crippen molar-refractivity contribution in [1.82, 2.24) is 5.32 Å². The number of phenols is 1. The maximum absolute atomic E-state index is 13.5. The van der Waals surface area contributed by atoms with E-state index in [9.17, 15) is 44.4 Å². The molecule has 0 radical (unpaired) electrons. The molecule has 0 heterocycles. The molecular formula is C35H53NO10. The van der Waals surface area contributed by atoms with Gasteiger partial charge in [-0.3, -0.25) is 14.4 Å². The molecule has 0 aliphatic rings. The van der Waals surface area contributed by atoms with E-state index in [-0.39, 0.29) is 18.0 Å². The lowest BCUT2D eigenvalue weighted by Crippen LogP contribution is -2.56. The molecule has 11 heteroatoms. The number of amides is 1. The summed E-state index contributed by atoms with van der Waals surface area (Å²) in [5.74, 6) is -6.88. The van der Waals surface area contributed by atoms with E-state index in [1.807, 2.05) is 0 Å². The normalized spacial score (nSPS) is 14.3. The summed E-state index contributed by atoms with van der Waals surface area (Å²) in [6, 6.07) is 4.22. The molecule has 46 heavy (non-hydrogen) atoms. The Kier molecular flexibility index (Phi) is 17.9. The maximum atomic E-state index is 13.5. The topological polar surface area (TPSA) is 188 Å². The number of esters is 1. The van der Waals surface area contributed by atoms with E-state index >= 15 is 0 Å². The van der Waals surface area contributed by atoms with Crippen molar-refractivity contribution in [2.45, 2.75) is 135 Å². The summed E-state index contributed by atoms with van der Waals surface area (Å²) >= 11 is 0. The molecule has 3 atom stereocenters. The summed E-state index contributed by atoms with van der Waals surface area (Å²) < 4.78 is 5.29. The van der Waals surface area contributed by atoms with Crippen molar-refractivity contribution in [3.8, 4) is 5.75 Å². The van der Waals surface area contributed by atoms with Crippen LogP contribution in [0.25, 0.3) is 0 Å². The van der Waals surface area contributed by atoms with Gasteiger partial charge >= 0.3 is 17.9 Å². The van der Waals surface area contributed by atoms with E-state index in [2.05, 4.69) is 12.2 Å². The van der Waals surface area contributed by atoms with Gasteiger partial charge in [0.25, 0.3) is 0 Å². The van der Waals surface area contributed by atoms with Crippen LogP contribution in [0.4, 0.5) is 0 Å². The SMILES string of the molecule is CCCCCCCC(=O)CCCCCC/C=C/[C@H](C(=O)N[C@@H](Cc1ccc(O)cc1)C(=O)O)[C@@](O)(CC(=O)O)C(=O)OC(C)(C)C. The first kappa shape index (κ1) is 40.3. The van der Waals surface area contributed by atoms with Crippen LogP contribution in [0.5, 0.6) is 5.75 Å². The van der Waals surface area contributed by atoms with E-state index in [0.29, 0.717) is 31.2 Å². The van der Waals surface area contributed by atoms with Crippen LogP contribution >= 0.6 is 0 Å². The van der Waals surface area contributed by atoms with Gasteiger partial charge in [-0.1, -0.05) is 69.7 Å². The van der Waals surface area contributed by atoms with Crippen molar-refractivity contribution in [1.29, 1.82) is 0 Å². The number of carboxylic acids is 2. The van der Waals surface area contributed by atoms with Gasteiger partial charge in [-0.05, 0) is 64.2 Å². The van der Waals surface area contributed by atoms with E-state index < -0.39 is 53.4 Å². The summed E-state index contributed by atoms with van der Waals surface area (Å²) in [6.07, 6.45) is 11.6. The van der Waals surface area contributed by atoms with Crippen LogP contribution in [0.2, 0.25) is 0 Å². The summed E-state index contributed by atoms with van der Waals surface area (Å²) in [5.41, 5.74) is -3.47. The number of unbranched alkanes of at least 4 members (excludes halogenated alkanes) is 8. The number of aromatic hydroxyl groups is 1. The number of aliphatic carboxylic acids is 2. The predicted molar refractivity (Wildman–Crippen MR) is 173 cm³/mol. The maximum Gasteiger partial charge on any atom is 0.340 e. The zero-order chi connectivity index (χ0) is 34.8. The lowest BCUT2D eigenvalue weighted by molar-refractivity contribution is -0.187. The molecule has 0 aliphatic carbocycles. The minimum absolute atomic E-state index is 0.0254. The number of aliphatic hydroxyl groups is 1. The first-order valence-electron chi connectivity index (χ1n) is 16.3. The highest BCUT2D eigenvalue weighted by Crippen LogP contribution is 2.29. The van der Waals surface area contributed by atoms with Gasteiger partial charge in [0, 0.05) is 19.3 Å². The number of phenolic OH excluding ortho intramolecular Hbond substituents is 1. The van der Waals surface area contributed by atoms with E-state index in [1.165, 1.54) is 57.5 Å². The zero-order valence-electron chi connectivity index (χ0n) is 27.8. The van der Waals surface area contributed by atoms with E-state index in [4.69, 9.17) is 4.74 Å². The zero-order valence-corrected chi connectivity index (χ0v) is 27.8. The van der Waals surface area contributed by atoms with Crippen LogP contribution in [0, 0.1) is 5.92 Å². The van der Waals surface area contributed by atoms with Gasteiger partial charge in [-0.15, -0.1) is 0 Å². The first-order chi connectivity index (χ1) is 21.6. The fourth-order valence-corrected chi connectivity index (χ4v) is 4.92. The Morgan fingerprint density at radius 2 is 1.43 bits per heavy atom. The number of carboxylic acid groups (broad SMARTS) is 2. The lowest BCUT2D eigenvalue weighted by Gasteiger charge is -2.33. The quantitative estimate of drug-likeness (QED) is 0.0577. The van der Waals surface area contributed by atoms with Crippen molar-refractivity contribution < 1.29 is 49.1 Å². The number of allylic oxidation sites excluding steroid dienone is 1. The molecule has 1 rings (SSSR count). The molecule has 0 fully saturated rings. The first-order valence-corrected chi connectivity index (χ1v) is 16.3. The summed E-state index contributed by atoms with van der Waals surface area (Å²) in [5, 5.41) is 42.7. The Labute approximate surface area is 272 Å². The second-order valence-corrected chi connectivity index (χ2v) is 12.8. The van der Waals surface area contributed by atoms with E-state index in [0.717, 1.165) is 44.9 Å². The fourth-order valence-electron chi connectivity index (χ4n) is 4.92. The van der Waals surface area contributed by atoms with Gasteiger partial charge < -0.3 is 30.5 Å². The van der Waals surface area contributed by atoms with Gasteiger partial charge in [-0.25, -0.2) is 9.59 Å². The van der Waals surface area contributed by atoms with Crippen molar-refractivity contribution in [2.75, 3.05) is 0 Å². The number of benzene rings is 1. The highest BCUT2D eigenvalue weighted by molar-refractivity contribution is 5.95. The smallest absolute Gasteiger partial charge is 0.340 e. The molecule has 258 valence electrons. The fraction of sp³-hybridized carbons (Fsp3) is 0.629. The van der Waals surface area contributed by atoms with Crippen LogP contribution in [-0.2, 0) is 35.1 Å². The third-order valence-corrected chi connectivity index (χ3v) is 7.42. The molecule has 0 unspecified atom stereocenters. The average molecular weight is 648 g/mol. The molecule has 11 nitrogen and oxygen atoms in total. The molecule has 1 amide bonds. The summed E-state index contributed by atoms with van der Waals surface area (Å²) in [6.45, 7) is 6.72. The number of carbonyl (C=O) groups excluding carboxylic acids is 3. The van der Waals surface area contributed by atoms with Gasteiger partial charge in [0.15, 0.2) is 5.60 Å². The number of hydrogen-bond donors (Lipinski definition) is 5. The van der Waals surface area contributed by atoms with Gasteiger partial charge in [-0.2, -0.15) is 0 Å². The van der Waals surface area contributed by atoms with Crippen molar-refractivity contribution in [2.24, 2.45) is 5.92 Å². The number of rotatable bonds is 23. The molecule has 5 N–H and O–H groups in total. The second kappa shape index (κ2) is 20.4. The average Bonchev–Trinajstić information content (AvgIpc) is 2.95. The Morgan fingerprint density at radius 3 is 1.96 bits per heavy atom. The number of ether oxygens (including phenoxy) is 1. The minimum atomic E-state index is -2.84. The standard InChI is InChI=1S/C35H53NO10/c1-5-6-7-10-13-16-26(37)17-14-11-8-9-12-15-18-28(35(45,24-30(39)40)33(44)46-34(2,3)4)31(41)36-29(32(42)43)23-25-19-21-27(38)22-20-25/h15,18-22,28-29,38,45H,5-14,16-17,23-24H2,1-4H3,(H,36,41)(H,39,40)(H,42,43)/b18-15+/t28-,29+,35+/m1/s1. The molecule has 1 aromatic rings. The summed E-state index contributed by atoms with van der Waals surface area (Å²) in [4.78, 5) is 62.6. The molecular weight excluding hydrogens is 594 g/mol. The molecule has 0 bridgehead atoms. The van der Waals surface area contributed by atoms with E-state index in [1.54, 1.807) is 6.08 Å². The Balaban J connectivity index is 2.99. The van der Waals surface area contributed by atoms with Crippen LogP contribution in [0.1, 0.15) is 117 Å². The van der Waals surface area contributed by atoms with Crippen LogP contribution < -0.4 is 5.32 Å². The van der Waals surface area contributed by atoms with Crippen LogP contribution in [0.15, 0.2) is 36.4 Å². The Morgan fingerprint density at radius 1 is 0.870 bits per heavy atom. The molecule has 0 saturated heterocycles. The van der Waals surface area contributed by atoms with Crippen molar-refractivity contribution >= 4 is 29.6 Å². The number of carbonyl (C=O) groups is 5. The molecule has 0 saturated carbocycles. The molecule has 0 aliphatic heterocycles. The third-order valence-electron chi connectivity index (χ3n) is 7.42. The van der Waals surface area contributed by atoms with Gasteiger partial charge in [0.1, 0.15) is 23.2 Å². The van der Waals surface area contributed by atoms with Crippen LogP contribution in [0.3, 0.4) is 0 Å². The van der Waals surface area contributed by atoms with Crippen LogP contribution in [-0.4, -0.2) is 67.3 Å². The highest BCUT2D eigenvalue weighted by atomic mass is 16.6. The molecule has 1 aromatic carbocycles. The molecule has 0 aromatic heterocycles. The number of ketones is 1. The highest BCUT2D eigenvalue weighted by Gasteiger charge is 2.51. The number of nitrogens with one attached hydrogen (secondary N) is 1. The van der Waals surface area contributed by atoms with Crippen molar-refractivity contribution in [3.05, 3.63) is 42.0 Å². The number of Topliss-reactive ketones (excluding diaryl/α,β-unsaturated/α-hetero) is 1.